The highest BCUT2D eigenvalue weighted by Crippen LogP contribution is 2.43. The minimum absolute atomic E-state index is 0.0731. The molecule has 0 saturated carbocycles. The zero-order valence-corrected chi connectivity index (χ0v) is 20.0. The van der Waals surface area contributed by atoms with Gasteiger partial charge in [-0.3, -0.25) is 13.9 Å². The van der Waals surface area contributed by atoms with Gasteiger partial charge in [-0.1, -0.05) is 4.49 Å². The van der Waals surface area contributed by atoms with Crippen LogP contribution in [0.1, 0.15) is 16.9 Å². The molecule has 3 aromatic heterocycles. The Morgan fingerprint density at radius 1 is 1.21 bits per heavy atom. The average Bonchev–Trinajstić information content (AvgIpc) is 3.42. The predicted octanol–water partition coefficient (Wildman–Crippen LogP) is 4.14. The topological polar surface area (TPSA) is 124 Å². The number of thiophene rings is 1. The summed E-state index contributed by atoms with van der Waals surface area (Å²) >= 11 is 3.00. The third-order valence-corrected chi connectivity index (χ3v) is 9.91. The van der Waals surface area contributed by atoms with Crippen molar-refractivity contribution in [3.63, 3.8) is 0 Å². The number of aryl methyl sites for hydroxylation is 1. The van der Waals surface area contributed by atoms with Crippen LogP contribution in [0, 0.1) is 5.92 Å². The van der Waals surface area contributed by atoms with Gasteiger partial charge in [0.05, 0.1) is 21.6 Å². The molecule has 4 heterocycles. The van der Waals surface area contributed by atoms with Crippen molar-refractivity contribution in [1.82, 2.24) is 24.5 Å². The van der Waals surface area contributed by atoms with Gasteiger partial charge in [0, 0.05) is 29.6 Å². The number of nitrogens with one attached hydrogen (secondary N) is 1. The van der Waals surface area contributed by atoms with E-state index in [9.17, 15) is 13.9 Å². The molecule has 1 saturated heterocycles. The summed E-state index contributed by atoms with van der Waals surface area (Å²) in [5, 5.41) is 8.58. The van der Waals surface area contributed by atoms with Crippen LogP contribution in [0.4, 0.5) is 11.5 Å². The lowest BCUT2D eigenvalue weighted by Gasteiger charge is -2.42. The normalized spacial score (nSPS) is 21.2. The van der Waals surface area contributed by atoms with Crippen molar-refractivity contribution in [3.05, 3.63) is 35.0 Å². The van der Waals surface area contributed by atoms with E-state index in [2.05, 4.69) is 24.9 Å². The number of hydrogen-bond acceptors (Lipinski definition) is 10. The first-order valence-electron chi connectivity index (χ1n) is 10.7. The first-order chi connectivity index (χ1) is 16.0. The van der Waals surface area contributed by atoms with Crippen LogP contribution in [0.2, 0.25) is 0 Å². The summed E-state index contributed by atoms with van der Waals surface area (Å²) in [6.45, 7) is 0.853. The monoisotopic (exact) mass is 502 g/mol. The Morgan fingerprint density at radius 3 is 2.91 bits per heavy atom. The lowest BCUT2D eigenvalue weighted by atomic mass is 9.87. The molecule has 1 aliphatic heterocycles. The predicted molar refractivity (Wildman–Crippen MR) is 133 cm³/mol. The fourth-order valence-electron chi connectivity index (χ4n) is 4.61. The Bertz CT molecular complexity index is 1360. The zero-order valence-electron chi connectivity index (χ0n) is 17.6. The van der Waals surface area contributed by atoms with Crippen molar-refractivity contribution in [2.24, 2.45) is 5.92 Å². The molecule has 3 N–H and O–H groups in total. The van der Waals surface area contributed by atoms with Crippen LogP contribution in [0.5, 0.6) is 0 Å². The largest absolute Gasteiger partial charge is 0.340 e. The van der Waals surface area contributed by atoms with E-state index < -0.39 is 10.6 Å². The van der Waals surface area contributed by atoms with Crippen molar-refractivity contribution >= 4 is 71.3 Å². The summed E-state index contributed by atoms with van der Waals surface area (Å²) in [5.74, 6) is 1.40. The summed E-state index contributed by atoms with van der Waals surface area (Å²) in [7, 11) is -2.51. The number of rotatable bonds is 3. The quantitative estimate of drug-likeness (QED) is 0.382. The van der Waals surface area contributed by atoms with Gasteiger partial charge in [0.1, 0.15) is 22.5 Å². The minimum Gasteiger partial charge on any atom is -0.340 e. The van der Waals surface area contributed by atoms with Crippen molar-refractivity contribution in [3.8, 4) is 0 Å². The number of fused-ring (bicyclic) bond motifs is 4. The van der Waals surface area contributed by atoms with E-state index in [4.69, 9.17) is 0 Å². The smallest absolute Gasteiger partial charge is 0.226 e. The first kappa shape index (κ1) is 21.2. The molecule has 1 aromatic carbocycles. The molecule has 33 heavy (non-hydrogen) atoms. The number of aromatic nitrogens is 4. The van der Waals surface area contributed by atoms with E-state index >= 15 is 0 Å². The lowest BCUT2D eigenvalue weighted by Crippen LogP contribution is -2.45. The number of hydrogen-bond donors (Lipinski definition) is 3. The standard InChI is InChI=1S/C21H22N6O3S3/c28-21(27-5-7-33(29,30)8-6-27)12-1-3-14-16(9-12)31-20-18(14)19(22-11-23-20)24-13-2-4-15-17(10-13)32-26-25-15/h2,4,10-12,29-30H,1,3,5-9H2,(H,22,23,24)/t12-/m0/s1. The number of anilines is 2. The Hall–Kier alpha value is -2.38. The zero-order chi connectivity index (χ0) is 22.6. The molecule has 1 atom stereocenters. The van der Waals surface area contributed by atoms with Crippen LogP contribution in [0.15, 0.2) is 24.5 Å². The van der Waals surface area contributed by atoms with Crippen molar-refractivity contribution < 1.29 is 13.9 Å². The molecule has 9 nitrogen and oxygen atoms in total. The molecule has 1 amide bonds. The Kier molecular flexibility index (Phi) is 5.22. The van der Waals surface area contributed by atoms with Gasteiger partial charge in [0.25, 0.3) is 0 Å². The third kappa shape index (κ3) is 3.95. The summed E-state index contributed by atoms with van der Waals surface area (Å²) in [5.41, 5.74) is 3.03. The fraction of sp³-hybridized carbons (Fsp3) is 0.381. The summed E-state index contributed by atoms with van der Waals surface area (Å²) in [6, 6.07) is 5.94. The molecule has 12 heteroatoms. The molecule has 0 bridgehead atoms. The highest BCUT2D eigenvalue weighted by molar-refractivity contribution is 8.24. The second kappa shape index (κ2) is 8.13. The van der Waals surface area contributed by atoms with Gasteiger partial charge in [0.2, 0.25) is 5.91 Å². The molecule has 172 valence electrons. The van der Waals surface area contributed by atoms with E-state index in [0.29, 0.717) is 19.5 Å². The van der Waals surface area contributed by atoms with Gasteiger partial charge in [-0.25, -0.2) is 9.97 Å². The molecule has 2 aliphatic rings. The second-order valence-electron chi connectivity index (χ2n) is 8.46. The molecular formula is C21H22N6O3S3. The number of benzene rings is 1. The Morgan fingerprint density at radius 2 is 2.06 bits per heavy atom. The van der Waals surface area contributed by atoms with E-state index in [1.54, 1.807) is 22.6 Å². The first-order valence-corrected chi connectivity index (χ1v) is 14.2. The van der Waals surface area contributed by atoms with Crippen molar-refractivity contribution in [2.45, 2.75) is 19.3 Å². The fourth-order valence-corrected chi connectivity index (χ4v) is 7.71. The molecule has 6 rings (SSSR count). The lowest BCUT2D eigenvalue weighted by molar-refractivity contribution is -0.135. The highest BCUT2D eigenvalue weighted by atomic mass is 32.3. The summed E-state index contributed by atoms with van der Waals surface area (Å²) in [4.78, 5) is 26.1. The van der Waals surface area contributed by atoms with Crippen LogP contribution in [-0.4, -0.2) is 64.1 Å². The number of nitrogens with zero attached hydrogens (tertiary/aromatic N) is 5. The highest BCUT2D eigenvalue weighted by Gasteiger charge is 2.34. The van der Waals surface area contributed by atoms with Gasteiger partial charge >= 0.3 is 0 Å². The van der Waals surface area contributed by atoms with Crippen LogP contribution in [0.25, 0.3) is 20.4 Å². The molecule has 1 aliphatic carbocycles. The van der Waals surface area contributed by atoms with E-state index in [-0.39, 0.29) is 23.3 Å². The van der Waals surface area contributed by atoms with Gasteiger partial charge in [-0.2, -0.15) is 10.6 Å². The number of carbonyl (C=O) groups is 1. The summed E-state index contributed by atoms with van der Waals surface area (Å²) < 4.78 is 24.7. The molecule has 0 radical (unpaired) electrons. The van der Waals surface area contributed by atoms with Crippen molar-refractivity contribution in [1.29, 1.82) is 0 Å². The molecule has 0 unspecified atom stereocenters. The van der Waals surface area contributed by atoms with Gasteiger partial charge in [0.15, 0.2) is 0 Å². The van der Waals surface area contributed by atoms with E-state index in [1.165, 1.54) is 22.0 Å². The molecule has 1 fully saturated rings. The maximum absolute atomic E-state index is 13.1. The Balaban J connectivity index is 1.25. The van der Waals surface area contributed by atoms with E-state index in [1.807, 2.05) is 18.2 Å². The van der Waals surface area contributed by atoms with Crippen LogP contribution in [-0.2, 0) is 17.6 Å². The van der Waals surface area contributed by atoms with Crippen molar-refractivity contribution in [2.75, 3.05) is 29.9 Å². The number of carbonyl (C=O) groups excluding carboxylic acids is 1. The molecule has 0 spiro atoms. The van der Waals surface area contributed by atoms with Crippen LogP contribution < -0.4 is 5.32 Å². The maximum Gasteiger partial charge on any atom is 0.226 e. The summed E-state index contributed by atoms with van der Waals surface area (Å²) in [6.07, 6.45) is 3.85. The Labute approximate surface area is 199 Å². The minimum atomic E-state index is -2.51. The van der Waals surface area contributed by atoms with Crippen LogP contribution in [0.3, 0.4) is 0 Å². The van der Waals surface area contributed by atoms with Gasteiger partial charge < -0.3 is 10.2 Å². The molecular weight excluding hydrogens is 480 g/mol. The molecule has 4 aromatic rings. The van der Waals surface area contributed by atoms with Gasteiger partial charge in [-0.15, -0.1) is 16.4 Å². The van der Waals surface area contributed by atoms with Gasteiger partial charge in [-0.05, 0) is 54.6 Å². The number of amides is 1. The third-order valence-electron chi connectivity index (χ3n) is 6.39. The average molecular weight is 503 g/mol. The van der Waals surface area contributed by atoms with Crippen LogP contribution >= 0.6 is 33.5 Å². The maximum atomic E-state index is 13.1. The van der Waals surface area contributed by atoms with E-state index in [0.717, 1.165) is 44.8 Å². The SMILES string of the molecule is O=C([C@H]1CCc2c(sc3ncnc(Nc4ccc5nnsc5c4)c23)C1)N1CCS(O)(O)CC1. The second-order valence-corrected chi connectivity index (χ2v) is 12.8.